The standard InChI is InChI=1S/C20H21N3O3S/c1-3-22(4-2)27(25,26)19-12-8-9-16(13-19)20-17(15-24)14-23(21-20)18-10-6-5-7-11-18/h5-15H,3-4H2,1-2H3. The molecule has 6 nitrogen and oxygen atoms in total. The number of hydrogen-bond acceptors (Lipinski definition) is 4. The smallest absolute Gasteiger partial charge is 0.243 e. The van der Waals surface area contributed by atoms with Crippen molar-refractivity contribution >= 4 is 16.3 Å². The van der Waals surface area contributed by atoms with Gasteiger partial charge in [0, 0.05) is 24.8 Å². The van der Waals surface area contributed by atoms with Crippen molar-refractivity contribution < 1.29 is 13.2 Å². The van der Waals surface area contributed by atoms with Crippen molar-refractivity contribution in [2.75, 3.05) is 13.1 Å². The highest BCUT2D eigenvalue weighted by atomic mass is 32.2. The summed E-state index contributed by atoms with van der Waals surface area (Å²) < 4.78 is 28.6. The molecular formula is C20H21N3O3S. The lowest BCUT2D eigenvalue weighted by Crippen LogP contribution is -2.30. The average Bonchev–Trinajstić information content (AvgIpc) is 3.14. The quantitative estimate of drug-likeness (QED) is 0.586. The first-order valence-electron chi connectivity index (χ1n) is 8.72. The van der Waals surface area contributed by atoms with Gasteiger partial charge in [0.25, 0.3) is 0 Å². The zero-order valence-electron chi connectivity index (χ0n) is 15.2. The number of hydrogen-bond donors (Lipinski definition) is 0. The second kappa shape index (κ2) is 7.85. The monoisotopic (exact) mass is 383 g/mol. The van der Waals surface area contributed by atoms with E-state index in [1.165, 1.54) is 4.31 Å². The summed E-state index contributed by atoms with van der Waals surface area (Å²) in [4.78, 5) is 11.7. The summed E-state index contributed by atoms with van der Waals surface area (Å²) in [7, 11) is -3.59. The van der Waals surface area contributed by atoms with Crippen LogP contribution in [-0.4, -0.2) is 41.9 Å². The van der Waals surface area contributed by atoms with Gasteiger partial charge in [-0.15, -0.1) is 0 Å². The molecule has 0 unspecified atom stereocenters. The molecule has 140 valence electrons. The van der Waals surface area contributed by atoms with E-state index in [0.717, 1.165) is 12.0 Å². The Morgan fingerprint density at radius 3 is 2.37 bits per heavy atom. The summed E-state index contributed by atoms with van der Waals surface area (Å²) in [5, 5.41) is 4.51. The minimum Gasteiger partial charge on any atom is -0.298 e. The van der Waals surface area contributed by atoms with Gasteiger partial charge in [0.05, 0.1) is 16.1 Å². The summed E-state index contributed by atoms with van der Waals surface area (Å²) in [6.07, 6.45) is 2.37. The zero-order valence-corrected chi connectivity index (χ0v) is 16.1. The lowest BCUT2D eigenvalue weighted by Gasteiger charge is -2.18. The van der Waals surface area contributed by atoms with Gasteiger partial charge in [-0.3, -0.25) is 4.79 Å². The minimum atomic E-state index is -3.59. The van der Waals surface area contributed by atoms with Gasteiger partial charge in [-0.2, -0.15) is 9.40 Å². The first kappa shape index (κ1) is 19.0. The molecule has 0 saturated carbocycles. The fourth-order valence-electron chi connectivity index (χ4n) is 2.93. The molecule has 0 aliphatic rings. The van der Waals surface area contributed by atoms with Gasteiger partial charge in [-0.25, -0.2) is 13.1 Å². The van der Waals surface area contributed by atoms with Crippen LogP contribution in [0.2, 0.25) is 0 Å². The Labute approximate surface area is 159 Å². The normalized spacial score (nSPS) is 11.7. The van der Waals surface area contributed by atoms with Crippen LogP contribution < -0.4 is 0 Å². The first-order chi connectivity index (χ1) is 13.0. The van der Waals surface area contributed by atoms with Crippen LogP contribution in [-0.2, 0) is 10.0 Å². The predicted molar refractivity (Wildman–Crippen MR) is 104 cm³/mol. The largest absolute Gasteiger partial charge is 0.298 e. The van der Waals surface area contributed by atoms with Crippen LogP contribution in [0.5, 0.6) is 0 Å². The van der Waals surface area contributed by atoms with Crippen molar-refractivity contribution in [2.45, 2.75) is 18.7 Å². The summed E-state index contributed by atoms with van der Waals surface area (Å²) in [6, 6.07) is 16.0. The van der Waals surface area contributed by atoms with Gasteiger partial charge < -0.3 is 0 Å². The van der Waals surface area contributed by atoms with Gasteiger partial charge in [0.1, 0.15) is 5.69 Å². The third-order valence-electron chi connectivity index (χ3n) is 4.34. The van der Waals surface area contributed by atoms with Gasteiger partial charge in [-0.1, -0.05) is 44.2 Å². The van der Waals surface area contributed by atoms with Crippen molar-refractivity contribution in [1.82, 2.24) is 14.1 Å². The van der Waals surface area contributed by atoms with Gasteiger partial charge in [0.2, 0.25) is 10.0 Å². The molecule has 0 N–H and O–H groups in total. The number of carbonyl (C=O) groups excluding carboxylic acids is 1. The van der Waals surface area contributed by atoms with Crippen molar-refractivity contribution in [3.05, 3.63) is 66.4 Å². The summed E-state index contributed by atoms with van der Waals surface area (Å²) >= 11 is 0. The lowest BCUT2D eigenvalue weighted by molar-refractivity contribution is 0.112. The zero-order chi connectivity index (χ0) is 19.4. The lowest BCUT2D eigenvalue weighted by atomic mass is 10.1. The highest BCUT2D eigenvalue weighted by Gasteiger charge is 2.22. The van der Waals surface area contributed by atoms with Crippen LogP contribution in [0.15, 0.2) is 65.7 Å². The van der Waals surface area contributed by atoms with Crippen molar-refractivity contribution in [2.24, 2.45) is 0 Å². The maximum atomic E-state index is 12.8. The van der Waals surface area contributed by atoms with Gasteiger partial charge >= 0.3 is 0 Å². The Morgan fingerprint density at radius 1 is 1.04 bits per heavy atom. The summed E-state index contributed by atoms with van der Waals surface area (Å²) in [6.45, 7) is 4.39. The molecular weight excluding hydrogens is 362 g/mol. The molecule has 0 spiro atoms. The van der Waals surface area contributed by atoms with E-state index >= 15 is 0 Å². The Bertz CT molecular complexity index is 1040. The number of rotatable bonds is 7. The topological polar surface area (TPSA) is 72.3 Å². The second-order valence-electron chi connectivity index (χ2n) is 5.95. The van der Waals surface area contributed by atoms with Crippen molar-refractivity contribution in [3.8, 4) is 16.9 Å². The third-order valence-corrected chi connectivity index (χ3v) is 6.39. The van der Waals surface area contributed by atoms with E-state index in [0.29, 0.717) is 29.9 Å². The fraction of sp³-hybridized carbons (Fsp3) is 0.200. The molecule has 3 aromatic rings. The van der Waals surface area contributed by atoms with Gasteiger partial charge in [0.15, 0.2) is 6.29 Å². The molecule has 7 heteroatoms. The Hall–Kier alpha value is -2.77. The van der Waals surface area contributed by atoms with E-state index in [9.17, 15) is 13.2 Å². The number of aromatic nitrogens is 2. The molecule has 0 saturated heterocycles. The highest BCUT2D eigenvalue weighted by molar-refractivity contribution is 7.89. The highest BCUT2D eigenvalue weighted by Crippen LogP contribution is 2.26. The third kappa shape index (κ3) is 3.70. The molecule has 0 aliphatic carbocycles. The number of para-hydroxylation sites is 1. The maximum Gasteiger partial charge on any atom is 0.243 e. The summed E-state index contributed by atoms with van der Waals surface area (Å²) in [5.41, 5.74) is 2.25. The van der Waals surface area contributed by atoms with E-state index in [1.807, 2.05) is 30.3 Å². The van der Waals surface area contributed by atoms with Crippen molar-refractivity contribution in [1.29, 1.82) is 0 Å². The number of benzene rings is 2. The van der Waals surface area contributed by atoms with E-state index in [1.54, 1.807) is 49.0 Å². The fourth-order valence-corrected chi connectivity index (χ4v) is 4.43. The SMILES string of the molecule is CCN(CC)S(=O)(=O)c1cccc(-c2nn(-c3ccccc3)cc2C=O)c1. The van der Waals surface area contributed by atoms with E-state index in [2.05, 4.69) is 5.10 Å². The average molecular weight is 383 g/mol. The predicted octanol–water partition coefficient (Wildman–Crippen LogP) is 3.38. The Kier molecular flexibility index (Phi) is 5.53. The number of nitrogens with zero attached hydrogens (tertiary/aromatic N) is 3. The number of aldehydes is 1. The second-order valence-corrected chi connectivity index (χ2v) is 7.89. The molecule has 0 aliphatic heterocycles. The van der Waals surface area contributed by atoms with E-state index in [-0.39, 0.29) is 4.90 Å². The molecule has 2 aromatic carbocycles. The number of carbonyl (C=O) groups is 1. The van der Waals surface area contributed by atoms with Crippen molar-refractivity contribution in [3.63, 3.8) is 0 Å². The molecule has 0 radical (unpaired) electrons. The van der Waals surface area contributed by atoms with E-state index in [4.69, 9.17) is 0 Å². The Balaban J connectivity index is 2.08. The maximum absolute atomic E-state index is 12.8. The molecule has 0 atom stereocenters. The molecule has 0 fully saturated rings. The van der Waals surface area contributed by atoms with Crippen LogP contribution in [0.25, 0.3) is 16.9 Å². The number of sulfonamides is 1. The summed E-state index contributed by atoms with van der Waals surface area (Å²) in [5.74, 6) is 0. The molecule has 27 heavy (non-hydrogen) atoms. The van der Waals surface area contributed by atoms with E-state index < -0.39 is 10.0 Å². The Morgan fingerprint density at radius 2 is 1.74 bits per heavy atom. The minimum absolute atomic E-state index is 0.190. The molecule has 0 bridgehead atoms. The van der Waals surface area contributed by atoms with Crippen LogP contribution in [0.4, 0.5) is 0 Å². The first-order valence-corrected chi connectivity index (χ1v) is 10.2. The van der Waals surface area contributed by atoms with Crippen LogP contribution in [0.3, 0.4) is 0 Å². The molecule has 0 amide bonds. The van der Waals surface area contributed by atoms with Crippen LogP contribution in [0.1, 0.15) is 24.2 Å². The van der Waals surface area contributed by atoms with Crippen LogP contribution in [0, 0.1) is 0 Å². The molecule has 1 heterocycles. The van der Waals surface area contributed by atoms with Crippen LogP contribution >= 0.6 is 0 Å². The molecule has 1 aromatic heterocycles. The molecule has 3 rings (SSSR count). The van der Waals surface area contributed by atoms with Gasteiger partial charge in [-0.05, 0) is 24.3 Å².